The minimum Gasteiger partial charge on any atom is -0.427 e. The molecule has 0 unspecified atom stereocenters. The van der Waals surface area contributed by atoms with Gasteiger partial charge < -0.3 is 9.76 Å². The van der Waals surface area contributed by atoms with E-state index in [1.165, 1.54) is 22.3 Å². The summed E-state index contributed by atoms with van der Waals surface area (Å²) in [6.45, 7) is 11.8. The summed E-state index contributed by atoms with van der Waals surface area (Å²) in [5.41, 5.74) is 6.59. The summed E-state index contributed by atoms with van der Waals surface area (Å²) in [4.78, 5) is 4.66. The van der Waals surface area contributed by atoms with E-state index in [2.05, 4.69) is 61.3 Å². The molecule has 1 N–H and O–H groups in total. The van der Waals surface area contributed by atoms with Gasteiger partial charge in [0.25, 0.3) is 0 Å². The largest absolute Gasteiger partial charge is 0.427 e. The number of pyridine rings is 1. The highest BCUT2D eigenvalue weighted by Crippen LogP contribution is 2.49. The van der Waals surface area contributed by atoms with Gasteiger partial charge in [-0.25, -0.2) is 0 Å². The van der Waals surface area contributed by atoms with Crippen LogP contribution < -0.4 is 5.46 Å². The molecule has 0 saturated carbocycles. The smallest absolute Gasteiger partial charge is 0.332 e. The van der Waals surface area contributed by atoms with Crippen molar-refractivity contribution in [3.63, 3.8) is 0 Å². The second kappa shape index (κ2) is 7.07. The van der Waals surface area contributed by atoms with Crippen molar-refractivity contribution < 1.29 is 9.76 Å². The van der Waals surface area contributed by atoms with Crippen molar-refractivity contribution in [1.29, 1.82) is 0 Å². The molecule has 1 heterocycles. The van der Waals surface area contributed by atoms with Gasteiger partial charge in [-0.15, -0.1) is 0 Å². The third-order valence-electron chi connectivity index (χ3n) is 6.63. The molecule has 0 saturated heterocycles. The normalized spacial score (nSPS) is 14.9. The number of aliphatic hydroxyl groups is 1. The van der Waals surface area contributed by atoms with Crippen LogP contribution in [0.15, 0.2) is 60.8 Å². The number of aromatic nitrogens is 1. The van der Waals surface area contributed by atoms with E-state index < -0.39 is 11.2 Å². The van der Waals surface area contributed by atoms with Crippen molar-refractivity contribution in [2.75, 3.05) is 0 Å². The average molecular weight is 398 g/mol. The molecule has 0 bridgehead atoms. The van der Waals surface area contributed by atoms with Gasteiger partial charge in [-0.3, -0.25) is 4.98 Å². The maximum Gasteiger partial charge on any atom is 0.332 e. The average Bonchev–Trinajstić information content (AvgIpc) is 2.93. The highest BCUT2D eigenvalue weighted by atomic mass is 16.5. The lowest BCUT2D eigenvalue weighted by atomic mass is 9.81. The second-order valence-electron chi connectivity index (χ2n) is 9.71. The van der Waals surface area contributed by atoms with Crippen LogP contribution in [-0.2, 0) is 10.1 Å². The van der Waals surface area contributed by atoms with Crippen LogP contribution in [0.5, 0.6) is 0 Å². The monoisotopic (exact) mass is 398 g/mol. The summed E-state index contributed by atoms with van der Waals surface area (Å²) < 4.78 is 5.83. The molecule has 0 spiro atoms. The van der Waals surface area contributed by atoms with E-state index in [-0.39, 0.29) is 5.41 Å². The maximum absolute atomic E-state index is 10.2. The number of rotatable bonds is 5. The lowest BCUT2D eigenvalue weighted by Crippen LogP contribution is -2.49. The molecule has 0 aliphatic heterocycles. The Labute approximate surface area is 180 Å². The standard InChI is InChI=1S/C26H29BNO2/c1-24(2)21-10-8-7-9-19(21)20-13-11-17(15-22(20)24)23-14-12-18(16-28-23)27-30-26(5,6)25(3,4)29/h7-16,29H,1-6H3. The Bertz CT molecular complexity index is 1080. The Morgan fingerprint density at radius 1 is 0.900 bits per heavy atom. The van der Waals surface area contributed by atoms with E-state index in [1.807, 2.05) is 32.2 Å². The SMILES string of the molecule is CC1(C)c2ccccc2-c2ccc(-c3ccc([B]OC(C)(C)C(C)(C)O)cn3)cc21. The molecule has 1 aromatic heterocycles. The van der Waals surface area contributed by atoms with Crippen LogP contribution >= 0.6 is 0 Å². The van der Waals surface area contributed by atoms with Crippen LogP contribution in [0.25, 0.3) is 22.4 Å². The van der Waals surface area contributed by atoms with E-state index in [0.717, 1.165) is 16.7 Å². The minimum atomic E-state index is -0.953. The first-order valence-corrected chi connectivity index (χ1v) is 10.4. The number of benzene rings is 2. The molecule has 3 nitrogen and oxygen atoms in total. The van der Waals surface area contributed by atoms with Gasteiger partial charge in [-0.05, 0) is 67.5 Å². The highest BCUT2D eigenvalue weighted by Gasteiger charge is 2.36. The van der Waals surface area contributed by atoms with Crippen LogP contribution in [-0.4, -0.2) is 28.8 Å². The highest BCUT2D eigenvalue weighted by molar-refractivity contribution is 6.46. The van der Waals surface area contributed by atoms with Crippen molar-refractivity contribution in [1.82, 2.24) is 4.98 Å². The van der Waals surface area contributed by atoms with Crippen molar-refractivity contribution in [2.24, 2.45) is 0 Å². The van der Waals surface area contributed by atoms with E-state index >= 15 is 0 Å². The van der Waals surface area contributed by atoms with Crippen LogP contribution in [0.3, 0.4) is 0 Å². The minimum absolute atomic E-state index is 0.0217. The molecule has 1 aliphatic rings. The Morgan fingerprint density at radius 3 is 2.27 bits per heavy atom. The lowest BCUT2D eigenvalue weighted by Gasteiger charge is -2.37. The van der Waals surface area contributed by atoms with Gasteiger partial charge >= 0.3 is 7.48 Å². The third kappa shape index (κ3) is 3.48. The fourth-order valence-electron chi connectivity index (χ4n) is 3.87. The first-order valence-electron chi connectivity index (χ1n) is 10.4. The zero-order valence-electron chi connectivity index (χ0n) is 18.7. The summed E-state index contributed by atoms with van der Waals surface area (Å²) in [7, 11) is 1.66. The molecule has 0 atom stereocenters. The van der Waals surface area contributed by atoms with E-state index in [1.54, 1.807) is 21.3 Å². The van der Waals surface area contributed by atoms with Crippen LogP contribution in [0.1, 0.15) is 52.7 Å². The summed E-state index contributed by atoms with van der Waals surface area (Å²) >= 11 is 0. The molecular weight excluding hydrogens is 369 g/mol. The number of hydrogen-bond acceptors (Lipinski definition) is 3. The Hall–Kier alpha value is -2.43. The van der Waals surface area contributed by atoms with Crippen molar-refractivity contribution in [2.45, 2.75) is 58.2 Å². The van der Waals surface area contributed by atoms with Gasteiger partial charge in [0.1, 0.15) is 0 Å². The van der Waals surface area contributed by atoms with Gasteiger partial charge in [0, 0.05) is 17.2 Å². The summed E-state index contributed by atoms with van der Waals surface area (Å²) in [5.74, 6) is 0. The quantitative estimate of drug-likeness (QED) is 0.624. The van der Waals surface area contributed by atoms with Crippen LogP contribution in [0.4, 0.5) is 0 Å². The molecule has 2 aromatic carbocycles. The zero-order valence-corrected chi connectivity index (χ0v) is 18.7. The third-order valence-corrected chi connectivity index (χ3v) is 6.63. The molecule has 153 valence electrons. The molecular formula is C26H29BNO2. The van der Waals surface area contributed by atoms with Crippen LogP contribution in [0.2, 0.25) is 0 Å². The number of fused-ring (bicyclic) bond motifs is 3. The summed E-state index contributed by atoms with van der Waals surface area (Å²) in [6.07, 6.45) is 1.81. The first kappa shape index (κ1) is 20.8. The Balaban J connectivity index is 1.58. The van der Waals surface area contributed by atoms with E-state index in [0.29, 0.717) is 0 Å². The lowest BCUT2D eigenvalue weighted by molar-refractivity contribution is -0.0893. The predicted molar refractivity (Wildman–Crippen MR) is 124 cm³/mol. The Kier molecular flexibility index (Phi) is 4.91. The molecule has 0 fully saturated rings. The fraction of sp³-hybridized carbons (Fsp3) is 0.346. The second-order valence-corrected chi connectivity index (χ2v) is 9.71. The molecule has 0 amide bonds. The predicted octanol–water partition coefficient (Wildman–Crippen LogP) is 4.87. The molecule has 3 aromatic rings. The molecule has 4 heteroatoms. The zero-order chi connectivity index (χ0) is 21.7. The van der Waals surface area contributed by atoms with Crippen molar-refractivity contribution >= 4 is 12.9 Å². The number of hydrogen-bond donors (Lipinski definition) is 1. The molecule has 30 heavy (non-hydrogen) atoms. The Morgan fingerprint density at radius 2 is 1.60 bits per heavy atom. The summed E-state index contributed by atoms with van der Waals surface area (Å²) in [6, 6.07) is 19.3. The van der Waals surface area contributed by atoms with E-state index in [9.17, 15) is 5.11 Å². The van der Waals surface area contributed by atoms with Gasteiger partial charge in [-0.1, -0.05) is 56.3 Å². The van der Waals surface area contributed by atoms with E-state index in [4.69, 9.17) is 4.65 Å². The van der Waals surface area contributed by atoms with Crippen molar-refractivity contribution in [3.05, 3.63) is 71.9 Å². The van der Waals surface area contributed by atoms with Gasteiger partial charge in [-0.2, -0.15) is 0 Å². The molecule has 1 aliphatic carbocycles. The topological polar surface area (TPSA) is 42.4 Å². The number of nitrogens with zero attached hydrogens (tertiary/aromatic N) is 1. The molecule has 1 radical (unpaired) electrons. The van der Waals surface area contributed by atoms with Crippen molar-refractivity contribution in [3.8, 4) is 22.4 Å². The van der Waals surface area contributed by atoms with Gasteiger partial charge in [0.15, 0.2) is 0 Å². The van der Waals surface area contributed by atoms with Crippen LogP contribution in [0, 0.1) is 0 Å². The van der Waals surface area contributed by atoms with Gasteiger partial charge in [0.2, 0.25) is 0 Å². The van der Waals surface area contributed by atoms with Gasteiger partial charge in [0.05, 0.1) is 16.9 Å². The molecule has 4 rings (SSSR count). The summed E-state index contributed by atoms with van der Waals surface area (Å²) in [5, 5.41) is 10.2. The fourth-order valence-corrected chi connectivity index (χ4v) is 3.87. The first-order chi connectivity index (χ1) is 14.0. The maximum atomic E-state index is 10.2.